The molecule has 0 saturated carbocycles. The van der Waals surface area contributed by atoms with Crippen LogP contribution in [-0.2, 0) is 0 Å². The molecular weight excluding hydrogens is 488 g/mol. The van der Waals surface area contributed by atoms with Gasteiger partial charge in [-0.15, -0.1) is 5.10 Å². The van der Waals surface area contributed by atoms with Crippen LogP contribution in [0.15, 0.2) is 60.9 Å². The lowest BCUT2D eigenvalue weighted by molar-refractivity contribution is 0.354. The van der Waals surface area contributed by atoms with Crippen molar-refractivity contribution in [3.63, 3.8) is 0 Å². The third-order valence-corrected chi connectivity index (χ3v) is 6.57. The number of hydrogen-bond acceptors (Lipinski definition) is 9. The zero-order valence-corrected chi connectivity index (χ0v) is 21.1. The maximum atomic E-state index is 10.1. The lowest BCUT2D eigenvalue weighted by atomic mass is 9.83. The molecule has 0 radical (unpaired) electrons. The summed E-state index contributed by atoms with van der Waals surface area (Å²) in [6.45, 7) is 0. The Kier molecular flexibility index (Phi) is 5.64. The van der Waals surface area contributed by atoms with Crippen molar-refractivity contribution < 1.29 is 28.8 Å². The third kappa shape index (κ3) is 3.69. The Hall–Kier alpha value is -4.99. The van der Waals surface area contributed by atoms with Crippen molar-refractivity contribution in [3.8, 4) is 51.8 Å². The maximum Gasteiger partial charge on any atom is 0.228 e. The number of fused-ring (bicyclic) bond motifs is 4. The lowest BCUT2D eigenvalue weighted by Crippen LogP contribution is -2.15. The first-order chi connectivity index (χ1) is 18.5. The van der Waals surface area contributed by atoms with Gasteiger partial charge in [0.05, 0.1) is 34.0 Å². The number of phenols is 1. The van der Waals surface area contributed by atoms with Gasteiger partial charge in [-0.3, -0.25) is 0 Å². The van der Waals surface area contributed by atoms with Crippen LogP contribution in [0.2, 0.25) is 0 Å². The number of benzene rings is 3. The first-order valence-electron chi connectivity index (χ1n) is 11.7. The van der Waals surface area contributed by atoms with Crippen LogP contribution in [0.3, 0.4) is 0 Å². The summed E-state index contributed by atoms with van der Waals surface area (Å²) in [4.78, 5) is 9.45. The Morgan fingerprint density at radius 1 is 0.816 bits per heavy atom. The van der Waals surface area contributed by atoms with Crippen LogP contribution in [0.5, 0.6) is 40.4 Å². The molecule has 1 aliphatic rings. The minimum Gasteiger partial charge on any atom is -0.508 e. The Morgan fingerprint density at radius 3 is 2.26 bits per heavy atom. The van der Waals surface area contributed by atoms with Gasteiger partial charge in [-0.1, -0.05) is 12.1 Å². The Balaban J connectivity index is 1.57. The van der Waals surface area contributed by atoms with E-state index in [-0.39, 0.29) is 11.7 Å². The van der Waals surface area contributed by atoms with Crippen molar-refractivity contribution in [2.75, 3.05) is 28.4 Å². The van der Waals surface area contributed by atoms with E-state index in [0.29, 0.717) is 46.1 Å². The fourth-order valence-corrected chi connectivity index (χ4v) is 4.78. The Bertz CT molecular complexity index is 1680. The van der Waals surface area contributed by atoms with Gasteiger partial charge in [0.2, 0.25) is 5.88 Å². The van der Waals surface area contributed by atoms with Crippen LogP contribution < -0.4 is 23.7 Å². The second-order valence-electron chi connectivity index (χ2n) is 8.61. The second-order valence-corrected chi connectivity index (χ2v) is 8.61. The minimum atomic E-state index is -0.340. The van der Waals surface area contributed by atoms with Gasteiger partial charge in [-0.2, -0.15) is 0 Å². The highest BCUT2D eigenvalue weighted by Gasteiger charge is 2.34. The van der Waals surface area contributed by atoms with E-state index in [1.165, 1.54) is 0 Å². The molecule has 0 amide bonds. The summed E-state index contributed by atoms with van der Waals surface area (Å²) in [5.41, 5.74) is 3.82. The fourth-order valence-electron chi connectivity index (χ4n) is 4.78. The maximum absolute atomic E-state index is 10.1. The summed E-state index contributed by atoms with van der Waals surface area (Å²) >= 11 is 0. The van der Waals surface area contributed by atoms with Gasteiger partial charge in [0.15, 0.2) is 34.5 Å². The van der Waals surface area contributed by atoms with Crippen LogP contribution >= 0.6 is 0 Å². The number of hydrogen-bond donors (Lipinski definition) is 1. The zero-order chi connectivity index (χ0) is 26.4. The van der Waals surface area contributed by atoms with E-state index in [9.17, 15) is 5.11 Å². The van der Waals surface area contributed by atoms with E-state index in [0.717, 1.165) is 22.3 Å². The summed E-state index contributed by atoms with van der Waals surface area (Å²) in [7, 11) is 6.36. The average molecular weight is 513 g/mol. The predicted octanol–water partition coefficient (Wildman–Crippen LogP) is 4.82. The van der Waals surface area contributed by atoms with Gasteiger partial charge in [-0.05, 0) is 42.0 Å². The molecule has 6 rings (SSSR count). The molecule has 3 heterocycles. The monoisotopic (exact) mass is 512 g/mol. The van der Waals surface area contributed by atoms with Crippen LogP contribution in [0.1, 0.15) is 22.6 Å². The normalized spacial score (nSPS) is 13.8. The minimum absolute atomic E-state index is 0.0950. The smallest absolute Gasteiger partial charge is 0.228 e. The first-order valence-corrected chi connectivity index (χ1v) is 11.7. The topological polar surface area (TPSA) is 109 Å². The van der Waals surface area contributed by atoms with Gasteiger partial charge in [0.25, 0.3) is 0 Å². The number of aromatic hydroxyl groups is 1. The molecular formula is C28H24N4O6. The van der Waals surface area contributed by atoms with E-state index < -0.39 is 0 Å². The molecule has 5 aromatic rings. The first kappa shape index (κ1) is 23.4. The molecule has 10 heteroatoms. The molecule has 2 aromatic heterocycles. The van der Waals surface area contributed by atoms with E-state index in [4.69, 9.17) is 28.7 Å². The van der Waals surface area contributed by atoms with E-state index >= 15 is 0 Å². The van der Waals surface area contributed by atoms with Crippen molar-refractivity contribution in [1.82, 2.24) is 19.6 Å². The van der Waals surface area contributed by atoms with Crippen LogP contribution in [0, 0.1) is 0 Å². The van der Waals surface area contributed by atoms with Crippen LogP contribution in [-0.4, -0.2) is 53.1 Å². The van der Waals surface area contributed by atoms with Crippen molar-refractivity contribution >= 4 is 5.65 Å². The van der Waals surface area contributed by atoms with Crippen molar-refractivity contribution in [1.29, 1.82) is 0 Å². The zero-order valence-electron chi connectivity index (χ0n) is 21.1. The van der Waals surface area contributed by atoms with E-state index in [2.05, 4.69) is 10.1 Å². The summed E-state index contributed by atoms with van der Waals surface area (Å²) in [5, 5.41) is 14.8. The summed E-state index contributed by atoms with van der Waals surface area (Å²) in [6, 6.07) is 16.3. The Morgan fingerprint density at radius 2 is 1.53 bits per heavy atom. The molecule has 0 spiro atoms. The molecule has 1 N–H and O–H groups in total. The number of methoxy groups -OCH3 is 4. The van der Waals surface area contributed by atoms with Gasteiger partial charge < -0.3 is 28.8 Å². The predicted molar refractivity (Wildman–Crippen MR) is 138 cm³/mol. The van der Waals surface area contributed by atoms with Crippen LogP contribution in [0.25, 0.3) is 17.0 Å². The largest absolute Gasteiger partial charge is 0.508 e. The molecule has 1 atom stereocenters. The summed E-state index contributed by atoms with van der Waals surface area (Å²) in [5.74, 6) is 3.52. The van der Waals surface area contributed by atoms with Crippen molar-refractivity contribution in [2.24, 2.45) is 0 Å². The number of phenolic OH excluding ortho intramolecular Hbond substituents is 1. The molecule has 0 saturated heterocycles. The highest BCUT2D eigenvalue weighted by molar-refractivity contribution is 5.70. The molecule has 192 valence electrons. The standard InChI is InChI=1S/C28H24N4O6/c1-34-19-9-5-15(11-22(19)36-3)24-18-8-7-17(33)13-21(18)38-28-25(24)27-30-26(31-32(27)14-29-28)16-6-10-20(35-2)23(12-16)37-4/h5-14,24,33H,1-4H3/t24-/m0/s1. The summed E-state index contributed by atoms with van der Waals surface area (Å²) < 4.78 is 29.7. The molecule has 3 aromatic carbocycles. The molecule has 0 bridgehead atoms. The Labute approximate surface area is 218 Å². The van der Waals surface area contributed by atoms with Gasteiger partial charge in [0, 0.05) is 23.1 Å². The molecule has 0 unspecified atom stereocenters. The average Bonchev–Trinajstić information content (AvgIpc) is 3.39. The number of rotatable bonds is 6. The second kappa shape index (κ2) is 9.15. The van der Waals surface area contributed by atoms with Crippen LogP contribution in [0.4, 0.5) is 0 Å². The third-order valence-electron chi connectivity index (χ3n) is 6.57. The highest BCUT2D eigenvalue weighted by atomic mass is 16.5. The fraction of sp³-hybridized carbons (Fsp3) is 0.179. The van der Waals surface area contributed by atoms with E-state index in [1.807, 2.05) is 42.5 Å². The highest BCUT2D eigenvalue weighted by Crippen LogP contribution is 2.49. The van der Waals surface area contributed by atoms with Crippen molar-refractivity contribution in [2.45, 2.75) is 5.92 Å². The number of nitrogens with zero attached hydrogens (tertiary/aromatic N) is 4. The molecule has 0 aliphatic carbocycles. The number of aromatic nitrogens is 4. The SMILES string of the molecule is COc1ccc(-c2nc3c4c(ncn3n2)Oc2cc(O)ccc2[C@@H]4c2ccc(OC)c(OC)c2)cc1OC. The van der Waals surface area contributed by atoms with Gasteiger partial charge in [-0.25, -0.2) is 14.5 Å². The summed E-state index contributed by atoms with van der Waals surface area (Å²) in [6.07, 6.45) is 1.56. The van der Waals surface area contributed by atoms with Crippen molar-refractivity contribution in [3.05, 3.63) is 77.6 Å². The van der Waals surface area contributed by atoms with Gasteiger partial charge >= 0.3 is 0 Å². The lowest BCUT2D eigenvalue weighted by Gasteiger charge is -2.28. The van der Waals surface area contributed by atoms with Gasteiger partial charge in [0.1, 0.15) is 17.8 Å². The quantitative estimate of drug-likeness (QED) is 0.336. The molecule has 10 nitrogen and oxygen atoms in total. The molecule has 38 heavy (non-hydrogen) atoms. The van der Waals surface area contributed by atoms with E-state index in [1.54, 1.807) is 51.4 Å². The molecule has 1 aliphatic heterocycles. The molecule has 0 fully saturated rings. The number of ether oxygens (including phenoxy) is 5.